The van der Waals surface area contributed by atoms with Gasteiger partial charge in [0.05, 0.1) is 10.8 Å². The number of carbonyl (C=O) groups is 2. The number of aliphatic carboxylic acids is 1. The lowest BCUT2D eigenvalue weighted by molar-refractivity contribution is -0.384. The van der Waals surface area contributed by atoms with Gasteiger partial charge in [-0.25, -0.2) is 0 Å². The summed E-state index contributed by atoms with van der Waals surface area (Å²) in [5.74, 6) is -1.35. The largest absolute Gasteiger partial charge is 0.481 e. The summed E-state index contributed by atoms with van der Waals surface area (Å²) in [6.45, 7) is 2.62. The maximum Gasteiger partial charge on any atom is 0.306 e. The van der Waals surface area contributed by atoms with E-state index in [2.05, 4.69) is 0 Å². The second-order valence-corrected chi connectivity index (χ2v) is 5.34. The number of hydrogen-bond donors (Lipinski definition) is 1. The van der Waals surface area contributed by atoms with E-state index in [1.807, 2.05) is 4.90 Å². The molecule has 1 aromatic rings. The van der Waals surface area contributed by atoms with Crippen LogP contribution in [0, 0.1) is 16.0 Å². The maximum absolute atomic E-state index is 11.7. The first-order valence-corrected chi connectivity index (χ1v) is 7.23. The van der Waals surface area contributed by atoms with E-state index in [4.69, 9.17) is 5.11 Å². The highest BCUT2D eigenvalue weighted by Gasteiger charge is 2.28. The Bertz CT molecular complexity index is 606. The SMILES string of the molecule is CCC(=O)c1ccc(N2CCC(C(=O)O)CC2)c([N+](=O)[O-])c1. The average Bonchev–Trinajstić information content (AvgIpc) is 2.53. The van der Waals surface area contributed by atoms with E-state index < -0.39 is 16.8 Å². The zero-order chi connectivity index (χ0) is 16.3. The average molecular weight is 306 g/mol. The molecule has 0 amide bonds. The summed E-state index contributed by atoms with van der Waals surface area (Å²) in [4.78, 5) is 35.2. The standard InChI is InChI=1S/C15H18N2O5/c1-2-14(18)11-3-4-12(13(9-11)17(21)22)16-7-5-10(6-8-16)15(19)20/h3-4,9-10H,2,5-8H2,1H3,(H,19,20). The molecule has 1 aliphatic heterocycles. The monoisotopic (exact) mass is 306 g/mol. The summed E-state index contributed by atoms with van der Waals surface area (Å²) < 4.78 is 0. The van der Waals surface area contributed by atoms with E-state index in [1.165, 1.54) is 6.07 Å². The fourth-order valence-corrected chi connectivity index (χ4v) is 2.68. The van der Waals surface area contributed by atoms with Gasteiger partial charge >= 0.3 is 5.97 Å². The van der Waals surface area contributed by atoms with Gasteiger partial charge in [-0.2, -0.15) is 0 Å². The summed E-state index contributed by atoms with van der Waals surface area (Å²) >= 11 is 0. The molecule has 7 nitrogen and oxygen atoms in total. The number of hydrogen-bond acceptors (Lipinski definition) is 5. The first kappa shape index (κ1) is 15.9. The van der Waals surface area contributed by atoms with Crippen molar-refractivity contribution in [3.05, 3.63) is 33.9 Å². The molecule has 0 radical (unpaired) electrons. The van der Waals surface area contributed by atoms with Crippen molar-refractivity contribution in [2.24, 2.45) is 5.92 Å². The molecule has 1 fully saturated rings. The van der Waals surface area contributed by atoms with E-state index in [0.717, 1.165) is 0 Å². The molecule has 22 heavy (non-hydrogen) atoms. The van der Waals surface area contributed by atoms with Crippen molar-refractivity contribution in [1.29, 1.82) is 0 Å². The minimum Gasteiger partial charge on any atom is -0.481 e. The predicted molar refractivity (Wildman–Crippen MR) is 80.3 cm³/mol. The lowest BCUT2D eigenvalue weighted by atomic mass is 9.96. The number of nitro benzene ring substituents is 1. The molecule has 1 aliphatic rings. The minimum atomic E-state index is -0.821. The molecule has 1 aromatic carbocycles. The minimum absolute atomic E-state index is 0.104. The number of Topliss-reactive ketones (excluding diaryl/α,β-unsaturated/α-hetero) is 1. The molecule has 0 unspecified atom stereocenters. The quantitative estimate of drug-likeness (QED) is 0.509. The first-order valence-electron chi connectivity index (χ1n) is 7.23. The Morgan fingerprint density at radius 2 is 2.00 bits per heavy atom. The van der Waals surface area contributed by atoms with Crippen LogP contribution in [0.2, 0.25) is 0 Å². The molecular weight excluding hydrogens is 288 g/mol. The smallest absolute Gasteiger partial charge is 0.306 e. The van der Waals surface area contributed by atoms with Crippen LogP contribution < -0.4 is 4.90 Å². The number of anilines is 1. The van der Waals surface area contributed by atoms with Crippen molar-refractivity contribution in [1.82, 2.24) is 0 Å². The Morgan fingerprint density at radius 1 is 1.36 bits per heavy atom. The van der Waals surface area contributed by atoms with Crippen molar-refractivity contribution in [2.75, 3.05) is 18.0 Å². The molecule has 1 heterocycles. The third-order valence-electron chi connectivity index (χ3n) is 4.00. The van der Waals surface area contributed by atoms with Crippen molar-refractivity contribution in [3.8, 4) is 0 Å². The van der Waals surface area contributed by atoms with Gasteiger partial charge in [0.25, 0.3) is 5.69 Å². The molecule has 7 heteroatoms. The van der Waals surface area contributed by atoms with Crippen LogP contribution in [0.5, 0.6) is 0 Å². The van der Waals surface area contributed by atoms with Gasteiger partial charge < -0.3 is 10.0 Å². The second-order valence-electron chi connectivity index (χ2n) is 5.34. The van der Waals surface area contributed by atoms with Gasteiger partial charge in [-0.3, -0.25) is 19.7 Å². The summed E-state index contributed by atoms with van der Waals surface area (Å²) in [5, 5.41) is 20.3. The summed E-state index contributed by atoms with van der Waals surface area (Å²) in [7, 11) is 0. The zero-order valence-corrected chi connectivity index (χ0v) is 12.3. The van der Waals surface area contributed by atoms with Gasteiger partial charge in [0.2, 0.25) is 0 Å². The Balaban J connectivity index is 2.26. The number of rotatable bonds is 5. The molecular formula is C15H18N2O5. The number of carbonyl (C=O) groups excluding carboxylic acids is 1. The highest BCUT2D eigenvalue weighted by molar-refractivity contribution is 5.97. The van der Waals surface area contributed by atoms with Crippen LogP contribution in [0.4, 0.5) is 11.4 Å². The van der Waals surface area contributed by atoms with Crippen LogP contribution in [0.3, 0.4) is 0 Å². The number of benzene rings is 1. The topological polar surface area (TPSA) is 101 Å². The van der Waals surface area contributed by atoms with Gasteiger partial charge in [0.15, 0.2) is 5.78 Å². The molecule has 118 valence electrons. The fourth-order valence-electron chi connectivity index (χ4n) is 2.68. The lowest BCUT2D eigenvalue weighted by Gasteiger charge is -2.31. The number of nitro groups is 1. The van der Waals surface area contributed by atoms with Crippen LogP contribution in [-0.2, 0) is 4.79 Å². The summed E-state index contributed by atoms with van der Waals surface area (Å²) in [6.07, 6.45) is 1.21. The van der Waals surface area contributed by atoms with Crippen molar-refractivity contribution >= 4 is 23.1 Å². The Morgan fingerprint density at radius 3 is 2.50 bits per heavy atom. The predicted octanol–water partition coefficient (Wildman–Crippen LogP) is 2.49. The van der Waals surface area contributed by atoms with Gasteiger partial charge in [-0.05, 0) is 25.0 Å². The van der Waals surface area contributed by atoms with Crippen LogP contribution in [0.25, 0.3) is 0 Å². The Hall–Kier alpha value is -2.44. The van der Waals surface area contributed by atoms with Gasteiger partial charge in [0.1, 0.15) is 5.69 Å². The summed E-state index contributed by atoms with van der Waals surface area (Å²) in [5.41, 5.74) is 0.674. The van der Waals surface area contributed by atoms with E-state index >= 15 is 0 Å². The van der Waals surface area contributed by atoms with Crippen molar-refractivity contribution in [2.45, 2.75) is 26.2 Å². The fraction of sp³-hybridized carbons (Fsp3) is 0.467. The molecule has 1 N–H and O–H groups in total. The van der Waals surface area contributed by atoms with Crippen molar-refractivity contribution < 1.29 is 19.6 Å². The van der Waals surface area contributed by atoms with Crippen LogP contribution in [0.15, 0.2) is 18.2 Å². The third-order valence-corrected chi connectivity index (χ3v) is 4.00. The van der Waals surface area contributed by atoms with Gasteiger partial charge in [-0.1, -0.05) is 6.92 Å². The third kappa shape index (κ3) is 3.24. The van der Waals surface area contributed by atoms with E-state index in [9.17, 15) is 19.7 Å². The molecule has 1 saturated heterocycles. The lowest BCUT2D eigenvalue weighted by Crippen LogP contribution is -2.36. The number of ketones is 1. The van der Waals surface area contributed by atoms with Crippen LogP contribution >= 0.6 is 0 Å². The van der Waals surface area contributed by atoms with Crippen LogP contribution in [-0.4, -0.2) is 34.9 Å². The van der Waals surface area contributed by atoms with E-state index in [1.54, 1.807) is 19.1 Å². The highest BCUT2D eigenvalue weighted by atomic mass is 16.6. The molecule has 0 aromatic heterocycles. The molecule has 0 saturated carbocycles. The maximum atomic E-state index is 11.7. The molecule has 2 rings (SSSR count). The Kier molecular flexibility index (Phi) is 4.75. The molecule has 0 bridgehead atoms. The van der Waals surface area contributed by atoms with Crippen LogP contribution in [0.1, 0.15) is 36.5 Å². The second kappa shape index (κ2) is 6.55. The normalized spacial score (nSPS) is 15.6. The van der Waals surface area contributed by atoms with E-state index in [-0.39, 0.29) is 11.5 Å². The number of nitrogens with zero attached hydrogens (tertiary/aromatic N) is 2. The van der Waals surface area contributed by atoms with Gasteiger partial charge in [0, 0.05) is 31.1 Å². The molecule has 0 spiro atoms. The Labute approximate surface area is 127 Å². The number of carboxylic acids is 1. The van der Waals surface area contributed by atoms with Crippen molar-refractivity contribution in [3.63, 3.8) is 0 Å². The van der Waals surface area contributed by atoms with Gasteiger partial charge in [-0.15, -0.1) is 0 Å². The first-order chi connectivity index (χ1) is 10.4. The van der Waals surface area contributed by atoms with E-state index in [0.29, 0.717) is 43.6 Å². The highest BCUT2D eigenvalue weighted by Crippen LogP contribution is 2.32. The summed E-state index contributed by atoms with van der Waals surface area (Å²) in [6, 6.07) is 4.49. The zero-order valence-electron chi connectivity index (χ0n) is 12.3. The number of carboxylic acid groups (broad SMARTS) is 1. The molecule has 0 atom stereocenters. The number of piperidine rings is 1. The molecule has 0 aliphatic carbocycles.